The van der Waals surface area contributed by atoms with Crippen LogP contribution in [-0.2, 0) is 0 Å². The van der Waals surface area contributed by atoms with E-state index in [1.54, 1.807) is 18.2 Å². The second kappa shape index (κ2) is 9.81. The molecular formula is C26H32N4O3. The fourth-order valence-electron chi connectivity index (χ4n) is 4.84. The van der Waals surface area contributed by atoms with E-state index >= 15 is 0 Å². The second-order valence-electron chi connectivity index (χ2n) is 9.17. The van der Waals surface area contributed by atoms with Gasteiger partial charge in [0.1, 0.15) is 11.4 Å². The van der Waals surface area contributed by atoms with E-state index in [0.29, 0.717) is 42.3 Å². The molecule has 7 heteroatoms. The predicted octanol–water partition coefficient (Wildman–Crippen LogP) is 5.77. The number of hydrogen-bond acceptors (Lipinski definition) is 5. The van der Waals surface area contributed by atoms with E-state index in [0.717, 1.165) is 36.1 Å². The van der Waals surface area contributed by atoms with Gasteiger partial charge in [-0.1, -0.05) is 19.4 Å². The SMILES string of the molecule is CC[C@H]1CC[C@H](n2cc3cc4c(cc3n2)OCCCCCOc2cccc(n2)C(=O)N4)CC1. The smallest absolute Gasteiger partial charge is 0.274 e. The molecule has 0 saturated heterocycles. The molecule has 1 N–H and O–H groups in total. The van der Waals surface area contributed by atoms with Gasteiger partial charge in [-0.05, 0) is 63.0 Å². The zero-order chi connectivity index (χ0) is 22.6. The monoisotopic (exact) mass is 448 g/mol. The first-order valence-electron chi connectivity index (χ1n) is 12.3. The van der Waals surface area contributed by atoms with Crippen molar-refractivity contribution in [2.24, 2.45) is 5.92 Å². The predicted molar refractivity (Wildman–Crippen MR) is 128 cm³/mol. The van der Waals surface area contributed by atoms with E-state index in [2.05, 4.69) is 28.1 Å². The third kappa shape index (κ3) is 4.97. The van der Waals surface area contributed by atoms with Crippen LogP contribution in [0.4, 0.5) is 5.69 Å². The molecule has 3 heterocycles. The number of pyridine rings is 1. The van der Waals surface area contributed by atoms with Gasteiger partial charge >= 0.3 is 0 Å². The molecule has 0 radical (unpaired) electrons. The number of nitrogens with zero attached hydrogens (tertiary/aromatic N) is 3. The molecule has 2 aliphatic rings. The molecule has 7 nitrogen and oxygen atoms in total. The van der Waals surface area contributed by atoms with Crippen molar-refractivity contribution in [1.82, 2.24) is 14.8 Å². The van der Waals surface area contributed by atoms with Crippen molar-refractivity contribution >= 4 is 22.5 Å². The number of hydrogen-bond donors (Lipinski definition) is 1. The molecule has 174 valence electrons. The Morgan fingerprint density at radius 1 is 1.06 bits per heavy atom. The van der Waals surface area contributed by atoms with Crippen LogP contribution in [0, 0.1) is 5.92 Å². The second-order valence-corrected chi connectivity index (χ2v) is 9.17. The van der Waals surface area contributed by atoms with Gasteiger partial charge in [0.15, 0.2) is 0 Å². The molecule has 1 saturated carbocycles. The minimum absolute atomic E-state index is 0.285. The van der Waals surface area contributed by atoms with Crippen LogP contribution < -0.4 is 14.8 Å². The van der Waals surface area contributed by atoms with E-state index in [1.165, 1.54) is 32.1 Å². The first-order valence-corrected chi connectivity index (χ1v) is 12.3. The van der Waals surface area contributed by atoms with Crippen LogP contribution in [-0.4, -0.2) is 33.9 Å². The molecule has 1 amide bonds. The number of fused-ring (bicyclic) bond motifs is 4. The maximum absolute atomic E-state index is 13.0. The summed E-state index contributed by atoms with van der Waals surface area (Å²) in [7, 11) is 0. The summed E-state index contributed by atoms with van der Waals surface area (Å²) in [6, 6.07) is 9.63. The number of rotatable bonds is 2. The summed E-state index contributed by atoms with van der Waals surface area (Å²) >= 11 is 0. The molecule has 2 bridgehead atoms. The van der Waals surface area contributed by atoms with E-state index in [9.17, 15) is 4.79 Å². The number of ether oxygens (including phenoxy) is 2. The summed E-state index contributed by atoms with van der Waals surface area (Å²) in [5, 5.41) is 8.89. The molecular weight excluding hydrogens is 416 g/mol. The highest BCUT2D eigenvalue weighted by atomic mass is 16.5. The van der Waals surface area contributed by atoms with Crippen LogP contribution in [0.1, 0.15) is 74.8 Å². The molecule has 2 aromatic heterocycles. The number of anilines is 1. The maximum Gasteiger partial charge on any atom is 0.274 e. The highest BCUT2D eigenvalue weighted by Gasteiger charge is 2.23. The average molecular weight is 449 g/mol. The lowest BCUT2D eigenvalue weighted by Gasteiger charge is -2.27. The summed E-state index contributed by atoms with van der Waals surface area (Å²) in [6.45, 7) is 3.44. The highest BCUT2D eigenvalue weighted by Crippen LogP contribution is 2.36. The lowest BCUT2D eigenvalue weighted by Crippen LogP contribution is -2.18. The number of nitrogens with one attached hydrogen (secondary N) is 1. The topological polar surface area (TPSA) is 78.3 Å². The third-order valence-electron chi connectivity index (χ3n) is 6.89. The van der Waals surface area contributed by atoms with Crippen LogP contribution >= 0.6 is 0 Å². The van der Waals surface area contributed by atoms with Crippen LogP contribution in [0.25, 0.3) is 10.9 Å². The zero-order valence-corrected chi connectivity index (χ0v) is 19.3. The average Bonchev–Trinajstić information content (AvgIpc) is 3.26. The first kappa shape index (κ1) is 21.7. The highest BCUT2D eigenvalue weighted by molar-refractivity contribution is 6.05. The molecule has 1 aliphatic carbocycles. The third-order valence-corrected chi connectivity index (χ3v) is 6.89. The number of amides is 1. The van der Waals surface area contributed by atoms with Gasteiger partial charge in [-0.2, -0.15) is 5.10 Å². The van der Waals surface area contributed by atoms with Crippen LogP contribution in [0.2, 0.25) is 0 Å². The Morgan fingerprint density at radius 3 is 2.70 bits per heavy atom. The molecule has 5 rings (SSSR count). The zero-order valence-electron chi connectivity index (χ0n) is 19.3. The summed E-state index contributed by atoms with van der Waals surface area (Å²) in [6.07, 6.45) is 11.1. The van der Waals surface area contributed by atoms with Gasteiger partial charge in [0.05, 0.1) is 30.5 Å². The summed E-state index contributed by atoms with van der Waals surface area (Å²) < 4.78 is 13.9. The lowest BCUT2D eigenvalue weighted by atomic mass is 9.85. The number of carbonyl (C=O) groups is 1. The van der Waals surface area contributed by atoms with Gasteiger partial charge in [0.2, 0.25) is 5.88 Å². The minimum Gasteiger partial charge on any atom is -0.491 e. The van der Waals surface area contributed by atoms with Crippen molar-refractivity contribution in [3.05, 3.63) is 42.2 Å². The van der Waals surface area contributed by atoms with Crippen molar-refractivity contribution < 1.29 is 14.3 Å². The van der Waals surface area contributed by atoms with Crippen molar-refractivity contribution in [3.63, 3.8) is 0 Å². The van der Waals surface area contributed by atoms with E-state index < -0.39 is 0 Å². The molecule has 1 aromatic carbocycles. The maximum atomic E-state index is 13.0. The van der Waals surface area contributed by atoms with Gasteiger partial charge in [0, 0.05) is 23.7 Å². The fourth-order valence-corrected chi connectivity index (χ4v) is 4.84. The number of aromatic nitrogens is 3. The Bertz CT molecular complexity index is 1120. The molecule has 1 aliphatic heterocycles. The van der Waals surface area contributed by atoms with E-state index in [1.807, 2.05) is 12.1 Å². The Morgan fingerprint density at radius 2 is 1.88 bits per heavy atom. The minimum atomic E-state index is -0.285. The van der Waals surface area contributed by atoms with E-state index in [4.69, 9.17) is 14.6 Å². The molecule has 3 aromatic rings. The Kier molecular flexibility index (Phi) is 6.46. The quantitative estimate of drug-likeness (QED) is 0.539. The molecule has 33 heavy (non-hydrogen) atoms. The van der Waals surface area contributed by atoms with Gasteiger partial charge in [0.25, 0.3) is 5.91 Å². The van der Waals surface area contributed by atoms with Gasteiger partial charge in [-0.15, -0.1) is 0 Å². The van der Waals surface area contributed by atoms with Gasteiger partial charge < -0.3 is 14.8 Å². The van der Waals surface area contributed by atoms with Gasteiger partial charge in [-0.3, -0.25) is 9.48 Å². The Balaban J connectivity index is 1.44. The first-order chi connectivity index (χ1) is 16.2. The van der Waals surface area contributed by atoms with Crippen LogP contribution in [0.15, 0.2) is 36.5 Å². The molecule has 0 spiro atoms. The van der Waals surface area contributed by atoms with Crippen molar-refractivity contribution in [2.75, 3.05) is 18.5 Å². The van der Waals surface area contributed by atoms with Crippen molar-refractivity contribution in [1.29, 1.82) is 0 Å². The summed E-state index contributed by atoms with van der Waals surface area (Å²) in [5.74, 6) is 1.69. The lowest BCUT2D eigenvalue weighted by molar-refractivity contribution is 0.102. The normalized spacial score (nSPS) is 21.9. The molecule has 0 unspecified atom stereocenters. The summed E-state index contributed by atoms with van der Waals surface area (Å²) in [5.41, 5.74) is 1.86. The van der Waals surface area contributed by atoms with Crippen molar-refractivity contribution in [3.8, 4) is 11.6 Å². The summed E-state index contributed by atoms with van der Waals surface area (Å²) in [4.78, 5) is 17.3. The van der Waals surface area contributed by atoms with Crippen LogP contribution in [0.3, 0.4) is 0 Å². The van der Waals surface area contributed by atoms with E-state index in [-0.39, 0.29) is 5.91 Å². The van der Waals surface area contributed by atoms with Crippen LogP contribution in [0.5, 0.6) is 11.6 Å². The standard InChI is InChI=1S/C26H32N4O3/c1-2-18-9-11-20(12-10-18)30-17-19-15-23-24(16-22(19)29-30)32-13-4-3-5-14-33-25-8-6-7-21(27-25)26(31)28-23/h6-8,15-18,20H,2-5,9-14H2,1H3,(H,28,31)/t18-,20-. The molecule has 0 atom stereocenters. The number of benzene rings is 1. The Labute approximate surface area is 194 Å². The van der Waals surface area contributed by atoms with Gasteiger partial charge in [-0.25, -0.2) is 4.98 Å². The Hall–Kier alpha value is -3.09. The molecule has 1 fully saturated rings. The fraction of sp³-hybridized carbons (Fsp3) is 0.500. The number of carbonyl (C=O) groups excluding carboxylic acids is 1. The van der Waals surface area contributed by atoms with Crippen molar-refractivity contribution in [2.45, 2.75) is 64.3 Å². The largest absolute Gasteiger partial charge is 0.491 e.